The van der Waals surface area contributed by atoms with Crippen molar-refractivity contribution in [1.82, 2.24) is 0 Å². The third-order valence-electron chi connectivity index (χ3n) is 5.72. The van der Waals surface area contributed by atoms with E-state index >= 15 is 0 Å². The lowest BCUT2D eigenvalue weighted by Gasteiger charge is -2.21. The molecule has 0 saturated carbocycles. The minimum absolute atomic E-state index is 0.0734. The molecule has 0 N–H and O–H groups in total. The van der Waals surface area contributed by atoms with Crippen molar-refractivity contribution in [2.24, 2.45) is 0 Å². The van der Waals surface area contributed by atoms with E-state index in [1.165, 1.54) is 47.7 Å². The van der Waals surface area contributed by atoms with Crippen LogP contribution in [-0.2, 0) is 5.41 Å². The van der Waals surface area contributed by atoms with E-state index in [-0.39, 0.29) is 5.41 Å². The minimum atomic E-state index is 0.0734. The molecule has 126 valence electrons. The van der Waals surface area contributed by atoms with Gasteiger partial charge in [0.2, 0.25) is 0 Å². The van der Waals surface area contributed by atoms with Gasteiger partial charge in [-0.1, -0.05) is 68.4 Å². The molecule has 0 unspecified atom stereocenters. The third kappa shape index (κ3) is 2.34. The van der Waals surface area contributed by atoms with Crippen LogP contribution in [0.5, 0.6) is 0 Å². The SMILES string of the molecule is CC1(C)c2ccccc2-c2cc(-c3ccc4ccc(I)cc4c3)ccc21. The van der Waals surface area contributed by atoms with Crippen LogP contribution in [0.4, 0.5) is 0 Å². The van der Waals surface area contributed by atoms with Gasteiger partial charge >= 0.3 is 0 Å². The summed E-state index contributed by atoms with van der Waals surface area (Å²) in [6.45, 7) is 4.66. The van der Waals surface area contributed by atoms with Crippen LogP contribution in [0.3, 0.4) is 0 Å². The molecule has 0 heterocycles. The molecule has 0 nitrogen and oxygen atoms in total. The average molecular weight is 446 g/mol. The molecule has 0 aliphatic heterocycles. The molecule has 0 saturated heterocycles. The van der Waals surface area contributed by atoms with E-state index in [9.17, 15) is 0 Å². The molecule has 1 aliphatic rings. The van der Waals surface area contributed by atoms with Gasteiger partial charge in [-0.05, 0) is 91.0 Å². The minimum Gasteiger partial charge on any atom is -0.0619 e. The third-order valence-corrected chi connectivity index (χ3v) is 6.39. The second-order valence-electron chi connectivity index (χ2n) is 7.64. The Labute approximate surface area is 168 Å². The second kappa shape index (κ2) is 5.68. The molecule has 0 fully saturated rings. The van der Waals surface area contributed by atoms with Crippen LogP contribution in [-0.4, -0.2) is 0 Å². The van der Waals surface area contributed by atoms with Gasteiger partial charge in [-0.25, -0.2) is 0 Å². The Hall–Kier alpha value is -2.13. The number of fused-ring (bicyclic) bond motifs is 4. The number of benzene rings is 4. The topological polar surface area (TPSA) is 0 Å². The number of halogens is 1. The first-order valence-electron chi connectivity index (χ1n) is 8.98. The van der Waals surface area contributed by atoms with Crippen LogP contribution in [0.25, 0.3) is 33.0 Å². The molecule has 5 rings (SSSR count). The number of hydrogen-bond acceptors (Lipinski definition) is 0. The maximum absolute atomic E-state index is 2.38. The summed E-state index contributed by atoms with van der Waals surface area (Å²) in [5.41, 5.74) is 8.26. The molecule has 4 aromatic carbocycles. The van der Waals surface area contributed by atoms with E-state index in [1.807, 2.05) is 0 Å². The second-order valence-corrected chi connectivity index (χ2v) is 8.88. The zero-order valence-corrected chi connectivity index (χ0v) is 17.0. The molecule has 1 heteroatoms. The molecule has 0 atom stereocenters. The number of hydrogen-bond donors (Lipinski definition) is 0. The highest BCUT2D eigenvalue weighted by atomic mass is 127. The summed E-state index contributed by atoms with van der Waals surface area (Å²) in [5.74, 6) is 0. The highest BCUT2D eigenvalue weighted by Crippen LogP contribution is 2.49. The van der Waals surface area contributed by atoms with Crippen LogP contribution < -0.4 is 0 Å². The van der Waals surface area contributed by atoms with Crippen LogP contribution in [0.15, 0.2) is 78.9 Å². The molecular weight excluding hydrogens is 427 g/mol. The molecule has 1 aliphatic carbocycles. The van der Waals surface area contributed by atoms with Crippen molar-refractivity contribution in [3.63, 3.8) is 0 Å². The van der Waals surface area contributed by atoms with Gasteiger partial charge in [-0.2, -0.15) is 0 Å². The highest BCUT2D eigenvalue weighted by Gasteiger charge is 2.34. The van der Waals surface area contributed by atoms with Gasteiger partial charge in [-0.3, -0.25) is 0 Å². The Morgan fingerprint density at radius 3 is 2.19 bits per heavy atom. The monoisotopic (exact) mass is 446 g/mol. The predicted octanol–water partition coefficient (Wildman–Crippen LogP) is 7.42. The smallest absolute Gasteiger partial charge is 0.0158 e. The first-order chi connectivity index (χ1) is 12.5. The molecule has 0 amide bonds. The molecule has 26 heavy (non-hydrogen) atoms. The summed E-state index contributed by atoms with van der Waals surface area (Å²) in [6.07, 6.45) is 0. The van der Waals surface area contributed by atoms with Crippen molar-refractivity contribution in [2.45, 2.75) is 19.3 Å². The van der Waals surface area contributed by atoms with E-state index in [2.05, 4.69) is 115 Å². The summed E-state index contributed by atoms with van der Waals surface area (Å²) in [4.78, 5) is 0. The average Bonchev–Trinajstić information content (AvgIpc) is 2.89. The zero-order chi connectivity index (χ0) is 17.9. The van der Waals surface area contributed by atoms with E-state index in [4.69, 9.17) is 0 Å². The van der Waals surface area contributed by atoms with E-state index < -0.39 is 0 Å². The summed E-state index contributed by atoms with van der Waals surface area (Å²) in [7, 11) is 0. The van der Waals surface area contributed by atoms with Crippen LogP contribution in [0, 0.1) is 3.57 Å². The molecule has 0 aromatic heterocycles. The van der Waals surface area contributed by atoms with Gasteiger partial charge in [0.15, 0.2) is 0 Å². The van der Waals surface area contributed by atoms with Crippen LogP contribution >= 0.6 is 22.6 Å². The van der Waals surface area contributed by atoms with Crippen molar-refractivity contribution in [1.29, 1.82) is 0 Å². The predicted molar refractivity (Wildman–Crippen MR) is 120 cm³/mol. The standard InChI is InChI=1S/C25H19I/c1-25(2)23-6-4-3-5-21(23)22-15-18(10-12-24(22)25)17-8-7-16-9-11-20(26)14-19(16)13-17/h3-15H,1-2H3. The van der Waals surface area contributed by atoms with Gasteiger partial charge in [0.1, 0.15) is 0 Å². The first kappa shape index (κ1) is 16.1. The van der Waals surface area contributed by atoms with Crippen molar-refractivity contribution < 1.29 is 0 Å². The van der Waals surface area contributed by atoms with Crippen LogP contribution in [0.1, 0.15) is 25.0 Å². The van der Waals surface area contributed by atoms with E-state index in [1.54, 1.807) is 0 Å². The Balaban J connectivity index is 1.70. The fourth-order valence-electron chi connectivity index (χ4n) is 4.30. The normalized spacial score (nSPS) is 14.3. The van der Waals surface area contributed by atoms with Crippen molar-refractivity contribution in [3.8, 4) is 22.3 Å². The largest absolute Gasteiger partial charge is 0.0619 e. The lowest BCUT2D eigenvalue weighted by molar-refractivity contribution is 0.660. The molecule has 0 spiro atoms. The lowest BCUT2D eigenvalue weighted by atomic mass is 9.82. The lowest BCUT2D eigenvalue weighted by Crippen LogP contribution is -2.14. The van der Waals surface area contributed by atoms with Crippen molar-refractivity contribution in [3.05, 3.63) is 93.6 Å². The Kier molecular flexibility index (Phi) is 3.51. The first-order valence-corrected chi connectivity index (χ1v) is 10.1. The number of rotatable bonds is 1. The van der Waals surface area contributed by atoms with Gasteiger partial charge in [0.25, 0.3) is 0 Å². The Morgan fingerprint density at radius 1 is 0.615 bits per heavy atom. The van der Waals surface area contributed by atoms with Gasteiger partial charge in [0, 0.05) is 8.99 Å². The Bertz CT molecular complexity index is 1170. The molecule has 4 aromatic rings. The van der Waals surface area contributed by atoms with Gasteiger partial charge in [0.05, 0.1) is 0 Å². The van der Waals surface area contributed by atoms with Gasteiger partial charge < -0.3 is 0 Å². The summed E-state index contributed by atoms with van der Waals surface area (Å²) in [6, 6.07) is 29.2. The van der Waals surface area contributed by atoms with E-state index in [0.29, 0.717) is 0 Å². The van der Waals surface area contributed by atoms with Gasteiger partial charge in [-0.15, -0.1) is 0 Å². The maximum atomic E-state index is 2.38. The van der Waals surface area contributed by atoms with Crippen LogP contribution in [0.2, 0.25) is 0 Å². The molecule has 0 bridgehead atoms. The maximum Gasteiger partial charge on any atom is 0.0158 e. The fraction of sp³-hybridized carbons (Fsp3) is 0.120. The van der Waals surface area contributed by atoms with Crippen molar-refractivity contribution in [2.75, 3.05) is 0 Å². The van der Waals surface area contributed by atoms with E-state index in [0.717, 1.165) is 0 Å². The fourth-order valence-corrected chi connectivity index (χ4v) is 4.81. The zero-order valence-electron chi connectivity index (χ0n) is 14.9. The summed E-state index contributed by atoms with van der Waals surface area (Å²) >= 11 is 2.38. The molecular formula is C25H19I. The summed E-state index contributed by atoms with van der Waals surface area (Å²) < 4.78 is 1.27. The Morgan fingerprint density at radius 2 is 1.31 bits per heavy atom. The quantitative estimate of drug-likeness (QED) is 0.267. The molecule has 0 radical (unpaired) electrons. The highest BCUT2D eigenvalue weighted by molar-refractivity contribution is 14.1. The van der Waals surface area contributed by atoms with Crippen molar-refractivity contribution >= 4 is 33.4 Å². The summed E-state index contributed by atoms with van der Waals surface area (Å²) in [5, 5.41) is 2.59.